The molecule has 0 bridgehead atoms. The summed E-state index contributed by atoms with van der Waals surface area (Å²) in [6, 6.07) is 7.25. The minimum atomic E-state index is -4.67. The lowest BCUT2D eigenvalue weighted by Gasteiger charge is -2.16. The van der Waals surface area contributed by atoms with Gasteiger partial charge in [-0.2, -0.15) is 8.42 Å². The second kappa shape index (κ2) is 23.5. The van der Waals surface area contributed by atoms with Crippen LogP contribution in [0.3, 0.4) is 0 Å². The highest BCUT2D eigenvalue weighted by atomic mass is 32.3. The normalized spacial score (nSPS) is 11.3. The van der Waals surface area contributed by atoms with E-state index >= 15 is 0 Å². The Labute approximate surface area is 218 Å². The fourth-order valence-corrected chi connectivity index (χ4v) is 4.75. The van der Waals surface area contributed by atoms with Crippen LogP contribution >= 0.6 is 0 Å². The van der Waals surface area contributed by atoms with Crippen molar-refractivity contribution in [3.63, 3.8) is 0 Å². The Morgan fingerprint density at radius 3 is 1.14 bits per heavy atom. The van der Waals surface area contributed by atoms with E-state index in [0.29, 0.717) is 0 Å². The average Bonchev–Trinajstić information content (AvgIpc) is 2.80. The van der Waals surface area contributed by atoms with Crippen molar-refractivity contribution in [1.82, 2.24) is 0 Å². The molecule has 0 atom stereocenters. The molecular formula is C30H56O4S. The Bertz CT molecular complexity index is 658. The van der Waals surface area contributed by atoms with Gasteiger partial charge < -0.3 is 0 Å². The van der Waals surface area contributed by atoms with Crippen LogP contribution in [0.15, 0.2) is 18.2 Å². The van der Waals surface area contributed by atoms with E-state index in [-0.39, 0.29) is 0 Å². The van der Waals surface area contributed by atoms with E-state index < -0.39 is 10.4 Å². The van der Waals surface area contributed by atoms with Gasteiger partial charge in [0.05, 0.1) is 0 Å². The monoisotopic (exact) mass is 512 g/mol. The van der Waals surface area contributed by atoms with Crippen LogP contribution in [0.4, 0.5) is 0 Å². The molecule has 0 amide bonds. The summed E-state index contributed by atoms with van der Waals surface area (Å²) in [5.74, 6) is 0. The molecular weight excluding hydrogens is 456 g/mol. The molecule has 0 spiro atoms. The number of hydrogen-bond donors (Lipinski definition) is 2. The third-order valence-electron chi connectivity index (χ3n) is 6.75. The highest BCUT2D eigenvalue weighted by Crippen LogP contribution is 2.23. The lowest BCUT2D eigenvalue weighted by atomic mass is 9.90. The predicted molar refractivity (Wildman–Crippen MR) is 152 cm³/mol. The van der Waals surface area contributed by atoms with Crippen LogP contribution in [0.2, 0.25) is 0 Å². The predicted octanol–water partition coefficient (Wildman–Crippen LogP) is 9.74. The minimum Gasteiger partial charge on any atom is -0.264 e. The van der Waals surface area contributed by atoms with E-state index in [0.717, 1.165) is 0 Å². The summed E-state index contributed by atoms with van der Waals surface area (Å²) in [5, 5.41) is 0. The number of aryl methyl sites for hydroxylation is 2. The molecule has 0 radical (unpaired) electrons. The van der Waals surface area contributed by atoms with Crippen LogP contribution in [-0.4, -0.2) is 17.5 Å². The first-order chi connectivity index (χ1) is 16.8. The molecule has 1 aromatic carbocycles. The second-order valence-electron chi connectivity index (χ2n) is 10.1. The van der Waals surface area contributed by atoms with Gasteiger partial charge in [0.25, 0.3) is 0 Å². The third-order valence-corrected chi connectivity index (χ3v) is 6.75. The first-order valence-corrected chi connectivity index (χ1v) is 16.0. The van der Waals surface area contributed by atoms with Gasteiger partial charge in [-0.25, -0.2) is 0 Å². The zero-order chi connectivity index (χ0) is 26.2. The molecule has 0 heterocycles. The van der Waals surface area contributed by atoms with Crippen LogP contribution in [0.25, 0.3) is 0 Å². The minimum absolute atomic E-state index is 1.31. The lowest BCUT2D eigenvalue weighted by molar-refractivity contribution is 0.381. The smallest absolute Gasteiger partial charge is 0.264 e. The maximum absolute atomic E-state index is 8.74. The summed E-state index contributed by atoms with van der Waals surface area (Å²) in [5.41, 5.74) is 5.11. The molecule has 1 rings (SSSR count). The van der Waals surface area contributed by atoms with E-state index in [9.17, 15) is 0 Å². The topological polar surface area (TPSA) is 74.6 Å². The summed E-state index contributed by atoms with van der Waals surface area (Å²) in [6.45, 7) is 6.93. The molecule has 0 aliphatic carbocycles. The van der Waals surface area contributed by atoms with Crippen molar-refractivity contribution in [3.05, 3.63) is 34.9 Å². The molecule has 0 aliphatic rings. The Morgan fingerprint density at radius 2 is 0.800 bits per heavy atom. The van der Waals surface area contributed by atoms with Crippen LogP contribution < -0.4 is 0 Å². The zero-order valence-corrected chi connectivity index (χ0v) is 24.0. The first-order valence-electron chi connectivity index (χ1n) is 14.6. The van der Waals surface area contributed by atoms with Crippen molar-refractivity contribution in [2.75, 3.05) is 0 Å². The lowest BCUT2D eigenvalue weighted by Crippen LogP contribution is -2.02. The molecule has 2 N–H and O–H groups in total. The van der Waals surface area contributed by atoms with Crippen LogP contribution in [0, 0.1) is 0 Å². The maximum atomic E-state index is 8.74. The van der Waals surface area contributed by atoms with Crippen molar-refractivity contribution in [2.24, 2.45) is 0 Å². The molecule has 4 nitrogen and oxygen atoms in total. The van der Waals surface area contributed by atoms with Gasteiger partial charge >= 0.3 is 10.4 Å². The molecule has 206 valence electrons. The van der Waals surface area contributed by atoms with Gasteiger partial charge in [-0.1, -0.05) is 135 Å². The van der Waals surface area contributed by atoms with Crippen molar-refractivity contribution < 1.29 is 17.5 Å². The molecule has 0 saturated heterocycles. The number of unbranched alkanes of at least 4 members (excludes halogenated alkanes) is 15. The molecule has 0 saturated carbocycles. The van der Waals surface area contributed by atoms with Gasteiger partial charge in [-0.15, -0.1) is 0 Å². The molecule has 35 heavy (non-hydrogen) atoms. The molecule has 1 aromatic rings. The van der Waals surface area contributed by atoms with Gasteiger partial charge in [0, 0.05) is 0 Å². The highest BCUT2D eigenvalue weighted by molar-refractivity contribution is 7.79. The zero-order valence-electron chi connectivity index (χ0n) is 23.2. The van der Waals surface area contributed by atoms with Gasteiger partial charge in [-0.3, -0.25) is 9.11 Å². The van der Waals surface area contributed by atoms with Gasteiger partial charge in [0.1, 0.15) is 0 Å². The van der Waals surface area contributed by atoms with Gasteiger partial charge in [-0.05, 0) is 55.2 Å². The van der Waals surface area contributed by atoms with Gasteiger partial charge in [0.15, 0.2) is 0 Å². The fourth-order valence-electron chi connectivity index (χ4n) is 4.75. The average molecular weight is 513 g/mol. The summed E-state index contributed by atoms with van der Waals surface area (Å²) < 4.78 is 31.6. The molecule has 0 unspecified atom stereocenters. The Balaban J connectivity index is 0.00000209. The second-order valence-corrected chi connectivity index (χ2v) is 11.0. The Kier molecular flexibility index (Phi) is 22.9. The molecule has 0 fully saturated rings. The van der Waals surface area contributed by atoms with E-state index in [4.69, 9.17) is 17.5 Å². The summed E-state index contributed by atoms with van der Waals surface area (Å²) >= 11 is 0. The van der Waals surface area contributed by atoms with Crippen molar-refractivity contribution in [3.8, 4) is 0 Å². The fraction of sp³-hybridized carbons (Fsp3) is 0.800. The van der Waals surface area contributed by atoms with E-state index in [1.54, 1.807) is 16.7 Å². The van der Waals surface area contributed by atoms with E-state index in [1.807, 2.05) is 0 Å². The standard InChI is InChI=1S/C30H54.H2O4S/c1-4-7-10-13-16-19-23-28-25-22-26-29(24-20-17-14-11-8-5-2)30(28)27-21-18-15-12-9-6-3;1-5(2,3)4/h22,25-26H,4-21,23-24,27H2,1-3H3;(H2,1,2,3,4). The third kappa shape index (κ3) is 23.3. The largest absolute Gasteiger partial charge is 0.394 e. The molecule has 5 heteroatoms. The van der Waals surface area contributed by atoms with Crippen molar-refractivity contribution in [2.45, 2.75) is 156 Å². The van der Waals surface area contributed by atoms with Crippen LogP contribution in [-0.2, 0) is 29.7 Å². The van der Waals surface area contributed by atoms with Crippen LogP contribution in [0.5, 0.6) is 0 Å². The van der Waals surface area contributed by atoms with E-state index in [1.165, 1.54) is 135 Å². The summed E-state index contributed by atoms with van der Waals surface area (Å²) in [6.07, 6.45) is 29.2. The van der Waals surface area contributed by atoms with Gasteiger partial charge in [0.2, 0.25) is 0 Å². The van der Waals surface area contributed by atoms with Crippen molar-refractivity contribution >= 4 is 10.4 Å². The quantitative estimate of drug-likeness (QED) is 0.127. The molecule has 0 aliphatic heterocycles. The van der Waals surface area contributed by atoms with E-state index in [2.05, 4.69) is 39.0 Å². The summed E-state index contributed by atoms with van der Waals surface area (Å²) in [4.78, 5) is 0. The number of rotatable bonds is 21. The Morgan fingerprint density at radius 1 is 0.514 bits per heavy atom. The SMILES string of the molecule is CCCCCCCCc1cccc(CCCCCCCC)c1CCCCCCCC.O=S(=O)(O)O. The molecule has 0 aromatic heterocycles. The highest BCUT2D eigenvalue weighted by Gasteiger charge is 2.09. The number of benzene rings is 1. The first kappa shape index (κ1) is 34.1. The number of hydrogen-bond acceptors (Lipinski definition) is 2. The van der Waals surface area contributed by atoms with Crippen molar-refractivity contribution in [1.29, 1.82) is 0 Å². The van der Waals surface area contributed by atoms with Crippen LogP contribution in [0.1, 0.15) is 153 Å². The maximum Gasteiger partial charge on any atom is 0.394 e. The summed E-state index contributed by atoms with van der Waals surface area (Å²) in [7, 11) is -4.67. The Hall–Kier alpha value is -0.910.